The van der Waals surface area contributed by atoms with Crippen molar-refractivity contribution in [3.8, 4) is 57.3 Å². The van der Waals surface area contributed by atoms with Crippen molar-refractivity contribution in [2.24, 2.45) is 0 Å². The summed E-state index contributed by atoms with van der Waals surface area (Å²) in [5, 5.41) is 106. The number of phenolic OH excluding ortho intramolecular Hbond substituents is 8. The first-order chi connectivity index (χ1) is 27.3. The topological polar surface area (TPSA) is 322 Å². The van der Waals surface area contributed by atoms with Gasteiger partial charge < -0.3 is 70.1 Å². The average Bonchev–Trinajstić information content (AvgIpc) is 3.15. The summed E-state index contributed by atoms with van der Waals surface area (Å²) in [5.74, 6) is -6.44. The number of aliphatic hydroxyl groups excluding tert-OH is 1. The number of carbonyl (C=O) groups is 3. The predicted molar refractivity (Wildman–Crippen MR) is 200 cm³/mol. The number of hydrogen-bond acceptors (Lipinski definition) is 17. The van der Waals surface area contributed by atoms with E-state index in [4.69, 9.17) is 13.9 Å². The molecule has 0 bridgehead atoms. The van der Waals surface area contributed by atoms with Gasteiger partial charge in [0.1, 0.15) is 46.5 Å². The van der Waals surface area contributed by atoms with E-state index in [2.05, 4.69) is 0 Å². The summed E-state index contributed by atoms with van der Waals surface area (Å²) < 4.78 is 15.7. The molecule has 4 aromatic carbocycles. The van der Waals surface area contributed by atoms with Crippen LogP contribution in [0.4, 0.5) is 0 Å². The number of rotatable bonds is 8. The number of aliphatic hydroxyl groups is 2. The number of aliphatic carboxylic acids is 1. The molecule has 18 nitrogen and oxygen atoms in total. The number of carboxylic acids is 1. The van der Waals surface area contributed by atoms with Gasteiger partial charge in [-0.1, -0.05) is 12.1 Å². The second-order valence-electron chi connectivity index (χ2n) is 12.9. The highest BCUT2D eigenvalue weighted by atomic mass is 16.6. The molecule has 1 aliphatic carbocycles. The number of carbonyl (C=O) groups excluding carboxylic acids is 2. The number of ether oxygens (including phenoxy) is 2. The molecule has 5 aromatic rings. The molecule has 1 heterocycles. The lowest BCUT2D eigenvalue weighted by Crippen LogP contribution is -2.58. The summed E-state index contributed by atoms with van der Waals surface area (Å²) in [7, 11) is 0. The normalized spacial score (nSPS) is 19.0. The first-order valence-corrected chi connectivity index (χ1v) is 16.8. The largest absolute Gasteiger partial charge is 0.508 e. The number of fused-ring (bicyclic) bond motifs is 1. The van der Waals surface area contributed by atoms with Crippen LogP contribution in [-0.2, 0) is 23.9 Å². The van der Waals surface area contributed by atoms with Crippen molar-refractivity contribution in [2.45, 2.75) is 36.8 Å². The van der Waals surface area contributed by atoms with E-state index >= 15 is 0 Å². The lowest BCUT2D eigenvalue weighted by atomic mass is 9.79. The summed E-state index contributed by atoms with van der Waals surface area (Å²) in [6.07, 6.45) is -1.86. The molecule has 302 valence electrons. The smallest absolute Gasteiger partial charge is 0.335 e. The van der Waals surface area contributed by atoms with Gasteiger partial charge in [0, 0.05) is 48.8 Å². The fraction of sp³-hybridized carbons (Fsp3) is 0.150. The van der Waals surface area contributed by atoms with Gasteiger partial charge in [-0.2, -0.15) is 0 Å². The number of benzene rings is 4. The molecular formula is C40H34O18. The number of esters is 2. The molecule has 1 aromatic heterocycles. The fourth-order valence-corrected chi connectivity index (χ4v) is 5.69. The second kappa shape index (κ2) is 17.0. The van der Waals surface area contributed by atoms with Gasteiger partial charge in [-0.05, 0) is 65.7 Å². The van der Waals surface area contributed by atoms with Crippen molar-refractivity contribution in [1.29, 1.82) is 0 Å². The van der Waals surface area contributed by atoms with Crippen LogP contribution in [0.25, 0.3) is 34.4 Å². The Morgan fingerprint density at radius 1 is 0.638 bits per heavy atom. The molecule has 0 unspecified atom stereocenters. The highest BCUT2D eigenvalue weighted by molar-refractivity contribution is 5.89. The third-order valence-electron chi connectivity index (χ3n) is 8.65. The minimum atomic E-state index is -2.48. The first kappa shape index (κ1) is 41.5. The number of hydrogen-bond donors (Lipinski definition) is 11. The van der Waals surface area contributed by atoms with Crippen LogP contribution in [0.3, 0.4) is 0 Å². The van der Waals surface area contributed by atoms with Gasteiger partial charge in [-0.3, -0.25) is 4.79 Å². The summed E-state index contributed by atoms with van der Waals surface area (Å²) in [6, 6.07) is 14.9. The summed E-state index contributed by atoms with van der Waals surface area (Å²) in [5.41, 5.74) is -1.95. The van der Waals surface area contributed by atoms with E-state index in [9.17, 15) is 75.3 Å². The monoisotopic (exact) mass is 802 g/mol. The fourth-order valence-electron chi connectivity index (χ4n) is 5.69. The molecule has 0 amide bonds. The van der Waals surface area contributed by atoms with E-state index in [0.717, 1.165) is 24.3 Å². The molecule has 0 spiro atoms. The molecule has 2 atom stereocenters. The SMILES string of the molecule is O=C(/C=C/c1ccc(O)c(O)c1)O[C@@H]1CC(O)(C(=O)O)C[C@@H](OC(=O)/C=C/c2ccc(O)c(O)c2)C1O.O=c1cc(-c2ccc(O)c(O)c2)oc2cc(O)cc(O)c12. The van der Waals surface area contributed by atoms with Gasteiger partial charge in [0.2, 0.25) is 0 Å². The molecule has 1 fully saturated rings. The molecule has 1 saturated carbocycles. The maximum atomic E-state index is 12.3. The van der Waals surface area contributed by atoms with Crippen LogP contribution in [0.2, 0.25) is 0 Å². The van der Waals surface area contributed by atoms with Crippen molar-refractivity contribution in [3.05, 3.63) is 106 Å². The Morgan fingerprint density at radius 2 is 1.12 bits per heavy atom. The quantitative estimate of drug-likeness (QED) is 0.0609. The van der Waals surface area contributed by atoms with Gasteiger partial charge in [0.05, 0.1) is 0 Å². The van der Waals surface area contributed by atoms with Gasteiger partial charge >= 0.3 is 17.9 Å². The van der Waals surface area contributed by atoms with Crippen LogP contribution < -0.4 is 5.43 Å². The van der Waals surface area contributed by atoms with Crippen molar-refractivity contribution in [2.75, 3.05) is 0 Å². The summed E-state index contributed by atoms with van der Waals surface area (Å²) in [6.45, 7) is 0. The van der Waals surface area contributed by atoms with E-state index in [1.807, 2.05) is 0 Å². The highest BCUT2D eigenvalue weighted by Gasteiger charge is 2.52. The Hall–Kier alpha value is -7.70. The van der Waals surface area contributed by atoms with Crippen LogP contribution in [-0.4, -0.2) is 98.0 Å². The lowest BCUT2D eigenvalue weighted by Gasteiger charge is -2.40. The number of aromatic hydroxyl groups is 8. The van der Waals surface area contributed by atoms with Gasteiger partial charge in [0.25, 0.3) is 0 Å². The molecule has 11 N–H and O–H groups in total. The summed E-state index contributed by atoms with van der Waals surface area (Å²) in [4.78, 5) is 48.3. The van der Waals surface area contributed by atoms with E-state index < -0.39 is 71.6 Å². The van der Waals surface area contributed by atoms with Crippen molar-refractivity contribution in [1.82, 2.24) is 0 Å². The minimum absolute atomic E-state index is 0.0163. The standard InChI is InChI=1S/C25H24O12.C15H10O6/c26-15-5-1-13(9-17(15)28)3-7-21(30)36-19-11-25(35,24(33)34)12-20(23(19)32)37-22(31)8-4-14-2-6-16(27)18(29)10-14;16-8-4-11(19)15-12(20)6-13(21-14(15)5-8)7-1-2-9(17)10(18)3-7/h1-10,19-20,23,26-29,32,35H,11-12H2,(H,33,34);1-6,16-19H/b7-3+,8-4+;/t19-,20-,23?,25?;/m1./s1. The van der Waals surface area contributed by atoms with Crippen molar-refractivity contribution < 1.29 is 84.4 Å². The van der Waals surface area contributed by atoms with Crippen LogP contribution in [0.15, 0.2) is 94.2 Å². The van der Waals surface area contributed by atoms with E-state index in [-0.39, 0.29) is 51.2 Å². The Balaban J connectivity index is 0.000000256. The molecule has 18 heteroatoms. The Morgan fingerprint density at radius 3 is 1.59 bits per heavy atom. The number of phenols is 8. The second-order valence-corrected chi connectivity index (χ2v) is 12.9. The number of carboxylic acid groups (broad SMARTS) is 1. The van der Waals surface area contributed by atoms with Crippen molar-refractivity contribution >= 4 is 41.0 Å². The van der Waals surface area contributed by atoms with E-state index in [1.54, 1.807) is 0 Å². The van der Waals surface area contributed by atoms with Crippen molar-refractivity contribution in [3.63, 3.8) is 0 Å². The third-order valence-corrected chi connectivity index (χ3v) is 8.65. The minimum Gasteiger partial charge on any atom is -0.508 e. The maximum absolute atomic E-state index is 12.3. The van der Waals surface area contributed by atoms with Gasteiger partial charge in [-0.15, -0.1) is 0 Å². The maximum Gasteiger partial charge on any atom is 0.335 e. The molecule has 0 aliphatic heterocycles. The zero-order chi connectivity index (χ0) is 42.5. The van der Waals surface area contributed by atoms with E-state index in [0.29, 0.717) is 16.7 Å². The van der Waals surface area contributed by atoms with Gasteiger partial charge in [-0.25, -0.2) is 14.4 Å². The van der Waals surface area contributed by atoms with Crippen LogP contribution in [0, 0.1) is 0 Å². The van der Waals surface area contributed by atoms with Crippen LogP contribution in [0.5, 0.6) is 46.0 Å². The van der Waals surface area contributed by atoms with Crippen LogP contribution >= 0.6 is 0 Å². The zero-order valence-corrected chi connectivity index (χ0v) is 29.7. The first-order valence-electron chi connectivity index (χ1n) is 16.8. The van der Waals surface area contributed by atoms with E-state index in [1.165, 1.54) is 72.8 Å². The molecule has 1 aliphatic rings. The Bertz CT molecular complexity index is 2420. The molecule has 0 saturated heterocycles. The lowest BCUT2D eigenvalue weighted by molar-refractivity contribution is -0.203. The third kappa shape index (κ3) is 9.75. The van der Waals surface area contributed by atoms with Gasteiger partial charge in [0.15, 0.2) is 45.5 Å². The molecule has 58 heavy (non-hydrogen) atoms. The predicted octanol–water partition coefficient (Wildman–Crippen LogP) is 3.31. The summed E-state index contributed by atoms with van der Waals surface area (Å²) >= 11 is 0. The zero-order valence-electron chi connectivity index (χ0n) is 29.7. The molecule has 0 radical (unpaired) electrons. The Kier molecular flexibility index (Phi) is 12.1. The average molecular weight is 803 g/mol. The highest BCUT2D eigenvalue weighted by Crippen LogP contribution is 2.35. The molecular weight excluding hydrogens is 768 g/mol. The molecule has 6 rings (SSSR count). The van der Waals surface area contributed by atoms with Crippen LogP contribution in [0.1, 0.15) is 24.0 Å². The Labute approximate surface area is 325 Å².